The van der Waals surface area contributed by atoms with Gasteiger partial charge in [0.15, 0.2) is 0 Å². The second-order valence-corrected chi connectivity index (χ2v) is 4.04. The Bertz CT molecular complexity index is 349. The first-order valence-electron chi connectivity index (χ1n) is 4.98. The molecule has 0 saturated carbocycles. The van der Waals surface area contributed by atoms with Crippen molar-refractivity contribution in [3.63, 3.8) is 0 Å². The molecule has 16 heavy (non-hydrogen) atoms. The van der Waals surface area contributed by atoms with Gasteiger partial charge in [-0.1, -0.05) is 24.4 Å². The van der Waals surface area contributed by atoms with Crippen molar-refractivity contribution in [3.05, 3.63) is 29.8 Å². The van der Waals surface area contributed by atoms with Gasteiger partial charge in [0.25, 0.3) is 0 Å². The molecule has 1 aromatic carbocycles. The van der Waals surface area contributed by atoms with Crippen LogP contribution in [0.5, 0.6) is 5.75 Å². The summed E-state index contributed by atoms with van der Waals surface area (Å²) in [6, 6.07) is 7.73. The molecule has 4 heteroatoms. The van der Waals surface area contributed by atoms with Crippen LogP contribution in [0, 0.1) is 0 Å². The topological polar surface area (TPSA) is 21.7 Å². The molecule has 88 valence electrons. The van der Waals surface area contributed by atoms with Crippen molar-refractivity contribution in [1.82, 2.24) is 4.90 Å². The predicted molar refractivity (Wildman–Crippen MR) is 69.0 cm³/mol. The molecule has 1 unspecified atom stereocenters. The third kappa shape index (κ3) is 2.93. The van der Waals surface area contributed by atoms with Crippen LogP contribution in [0.2, 0.25) is 0 Å². The molecular formula is C12H17NO2S. The minimum atomic E-state index is -0.184. The van der Waals surface area contributed by atoms with E-state index < -0.39 is 0 Å². The average Bonchev–Trinajstić information content (AvgIpc) is 2.30. The fraction of sp³-hybridized carbons (Fsp3) is 0.417. The molecular weight excluding hydrogens is 222 g/mol. The predicted octanol–water partition coefficient (Wildman–Crippen LogP) is 2.27. The Morgan fingerprint density at radius 3 is 2.12 bits per heavy atom. The second-order valence-electron chi connectivity index (χ2n) is 3.62. The molecule has 0 aliphatic heterocycles. The molecule has 0 radical (unpaired) electrons. The summed E-state index contributed by atoms with van der Waals surface area (Å²) in [4.78, 5) is 2.64. The molecule has 3 nitrogen and oxygen atoms in total. The third-order valence-electron chi connectivity index (χ3n) is 2.32. The van der Waals surface area contributed by atoms with Crippen LogP contribution >= 0.6 is 12.2 Å². The number of rotatable bonds is 4. The van der Waals surface area contributed by atoms with Crippen LogP contribution in [0.25, 0.3) is 0 Å². The van der Waals surface area contributed by atoms with Gasteiger partial charge in [-0.2, -0.15) is 0 Å². The maximum absolute atomic E-state index is 5.41. The van der Waals surface area contributed by atoms with Crippen LogP contribution in [0.4, 0.5) is 0 Å². The highest BCUT2D eigenvalue weighted by atomic mass is 32.1. The highest BCUT2D eigenvalue weighted by Crippen LogP contribution is 2.22. The molecule has 0 saturated heterocycles. The van der Waals surface area contributed by atoms with Crippen molar-refractivity contribution >= 4 is 17.2 Å². The molecule has 0 fully saturated rings. The van der Waals surface area contributed by atoms with Crippen molar-refractivity contribution in [2.24, 2.45) is 0 Å². The van der Waals surface area contributed by atoms with Crippen LogP contribution in [-0.4, -0.2) is 38.2 Å². The second kappa shape index (κ2) is 5.82. The van der Waals surface area contributed by atoms with E-state index in [2.05, 4.69) is 0 Å². The highest BCUT2D eigenvalue weighted by molar-refractivity contribution is 7.80. The van der Waals surface area contributed by atoms with Gasteiger partial charge in [-0.15, -0.1) is 0 Å². The van der Waals surface area contributed by atoms with Crippen LogP contribution in [0.1, 0.15) is 11.7 Å². The summed E-state index contributed by atoms with van der Waals surface area (Å²) in [6.07, 6.45) is -0.184. The lowest BCUT2D eigenvalue weighted by Gasteiger charge is -2.22. The van der Waals surface area contributed by atoms with Crippen LogP contribution in [-0.2, 0) is 4.74 Å². The van der Waals surface area contributed by atoms with Gasteiger partial charge in [-0.25, -0.2) is 0 Å². The molecule has 0 heterocycles. The van der Waals surface area contributed by atoms with E-state index in [0.29, 0.717) is 0 Å². The molecule has 0 bridgehead atoms. The highest BCUT2D eigenvalue weighted by Gasteiger charge is 2.17. The number of hydrogen-bond acceptors (Lipinski definition) is 3. The molecule has 0 amide bonds. The fourth-order valence-electron chi connectivity index (χ4n) is 1.39. The SMILES string of the molecule is COc1ccc(C(OC)C(=S)N(C)C)cc1. The lowest BCUT2D eigenvalue weighted by Crippen LogP contribution is -2.27. The van der Waals surface area contributed by atoms with Crippen molar-refractivity contribution in [2.45, 2.75) is 6.10 Å². The standard InChI is InChI=1S/C12H17NO2S/c1-13(2)12(16)11(15-4)9-5-7-10(14-3)8-6-9/h5-8,11H,1-4H3. The van der Waals surface area contributed by atoms with E-state index >= 15 is 0 Å². The van der Waals surface area contributed by atoms with Crippen molar-refractivity contribution in [1.29, 1.82) is 0 Å². The van der Waals surface area contributed by atoms with Crippen LogP contribution in [0.15, 0.2) is 24.3 Å². The Labute approximate surface area is 102 Å². The van der Waals surface area contributed by atoms with Gasteiger partial charge >= 0.3 is 0 Å². The smallest absolute Gasteiger partial charge is 0.132 e. The number of ether oxygens (including phenoxy) is 2. The van der Waals surface area contributed by atoms with E-state index in [1.165, 1.54) is 0 Å². The zero-order chi connectivity index (χ0) is 12.1. The summed E-state index contributed by atoms with van der Waals surface area (Å²) in [5.74, 6) is 0.828. The quantitative estimate of drug-likeness (QED) is 0.751. The van der Waals surface area contributed by atoms with Gasteiger partial charge in [0, 0.05) is 21.2 Å². The van der Waals surface area contributed by atoms with E-state index in [1.54, 1.807) is 14.2 Å². The first-order valence-corrected chi connectivity index (χ1v) is 5.39. The maximum Gasteiger partial charge on any atom is 0.132 e. The maximum atomic E-state index is 5.41. The van der Waals surface area contributed by atoms with Crippen LogP contribution < -0.4 is 4.74 Å². The van der Waals surface area contributed by atoms with E-state index in [9.17, 15) is 0 Å². The summed E-state index contributed by atoms with van der Waals surface area (Å²) in [7, 11) is 7.13. The first-order chi connectivity index (χ1) is 7.60. The normalized spacial score (nSPS) is 12.0. The Kier molecular flexibility index (Phi) is 4.71. The summed E-state index contributed by atoms with van der Waals surface area (Å²) < 4.78 is 10.5. The molecule has 1 atom stereocenters. The Hall–Kier alpha value is -1.13. The number of thiocarbonyl (C=S) groups is 1. The first kappa shape index (κ1) is 12.9. The van der Waals surface area contributed by atoms with Crippen molar-refractivity contribution in [3.8, 4) is 5.75 Å². The minimum absolute atomic E-state index is 0.184. The number of benzene rings is 1. The van der Waals surface area contributed by atoms with Gasteiger partial charge in [-0.05, 0) is 17.7 Å². The Morgan fingerprint density at radius 2 is 1.75 bits per heavy atom. The molecule has 0 N–H and O–H groups in total. The number of nitrogens with zero attached hydrogens (tertiary/aromatic N) is 1. The number of methoxy groups -OCH3 is 2. The summed E-state index contributed by atoms with van der Waals surface area (Å²) in [6.45, 7) is 0. The summed E-state index contributed by atoms with van der Waals surface area (Å²) in [5.41, 5.74) is 1.03. The Balaban J connectivity index is 2.91. The molecule has 0 aliphatic rings. The van der Waals surface area contributed by atoms with E-state index in [0.717, 1.165) is 16.3 Å². The molecule has 0 aliphatic carbocycles. The fourth-order valence-corrected chi connectivity index (χ4v) is 1.62. The monoisotopic (exact) mass is 239 g/mol. The van der Waals surface area contributed by atoms with Gasteiger partial charge in [0.05, 0.1) is 7.11 Å². The number of likely N-dealkylation sites (N-methyl/N-ethyl adjacent to an activating group) is 1. The van der Waals surface area contributed by atoms with Crippen LogP contribution in [0.3, 0.4) is 0 Å². The van der Waals surface area contributed by atoms with E-state index in [1.807, 2.05) is 43.3 Å². The Morgan fingerprint density at radius 1 is 1.19 bits per heavy atom. The van der Waals surface area contributed by atoms with Gasteiger partial charge in [-0.3, -0.25) is 0 Å². The molecule has 1 rings (SSSR count). The third-order valence-corrected chi connectivity index (χ3v) is 2.90. The molecule has 1 aromatic rings. The zero-order valence-electron chi connectivity index (χ0n) is 10.1. The van der Waals surface area contributed by atoms with Gasteiger partial charge in [0.1, 0.15) is 16.8 Å². The lowest BCUT2D eigenvalue weighted by molar-refractivity contribution is 0.151. The van der Waals surface area contributed by atoms with Crippen molar-refractivity contribution < 1.29 is 9.47 Å². The zero-order valence-corrected chi connectivity index (χ0v) is 10.9. The number of hydrogen-bond donors (Lipinski definition) is 0. The lowest BCUT2D eigenvalue weighted by atomic mass is 10.1. The van der Waals surface area contributed by atoms with Gasteiger partial charge in [0.2, 0.25) is 0 Å². The minimum Gasteiger partial charge on any atom is -0.497 e. The van der Waals surface area contributed by atoms with E-state index in [4.69, 9.17) is 21.7 Å². The largest absolute Gasteiger partial charge is 0.497 e. The molecule has 0 aromatic heterocycles. The molecule has 0 spiro atoms. The van der Waals surface area contributed by atoms with Crippen molar-refractivity contribution in [2.75, 3.05) is 28.3 Å². The van der Waals surface area contributed by atoms with E-state index in [-0.39, 0.29) is 6.10 Å². The summed E-state index contributed by atoms with van der Waals surface area (Å²) in [5, 5.41) is 0. The average molecular weight is 239 g/mol. The summed E-state index contributed by atoms with van der Waals surface area (Å²) >= 11 is 5.31. The van der Waals surface area contributed by atoms with Gasteiger partial charge < -0.3 is 14.4 Å².